The Bertz CT molecular complexity index is 402. The molecule has 0 amide bonds. The Morgan fingerprint density at radius 3 is 2.94 bits per heavy atom. The molecule has 0 aliphatic carbocycles. The van der Waals surface area contributed by atoms with Gasteiger partial charge in [-0.05, 0) is 23.8 Å². The predicted molar refractivity (Wildman–Crippen MR) is 66.6 cm³/mol. The summed E-state index contributed by atoms with van der Waals surface area (Å²) >= 11 is 0. The molecule has 1 fully saturated rings. The number of hydrogen-bond acceptors (Lipinski definition) is 4. The van der Waals surface area contributed by atoms with E-state index in [9.17, 15) is 0 Å². The van der Waals surface area contributed by atoms with Gasteiger partial charge >= 0.3 is 0 Å². The SMILES string of the molecule is COc1ccc2c(c1)C(N1CCOCC1)CN2. The highest BCUT2D eigenvalue weighted by Gasteiger charge is 2.29. The van der Waals surface area contributed by atoms with Crippen molar-refractivity contribution in [2.45, 2.75) is 6.04 Å². The molecular weight excluding hydrogens is 216 g/mol. The maximum Gasteiger partial charge on any atom is 0.119 e. The summed E-state index contributed by atoms with van der Waals surface area (Å²) in [6, 6.07) is 6.72. The van der Waals surface area contributed by atoms with E-state index in [0.717, 1.165) is 38.6 Å². The lowest BCUT2D eigenvalue weighted by Gasteiger charge is -2.32. The van der Waals surface area contributed by atoms with Crippen molar-refractivity contribution in [1.29, 1.82) is 0 Å². The molecule has 1 aromatic rings. The molecule has 3 rings (SSSR count). The molecule has 4 nitrogen and oxygen atoms in total. The van der Waals surface area contributed by atoms with Crippen LogP contribution in [-0.4, -0.2) is 44.9 Å². The highest BCUT2D eigenvalue weighted by atomic mass is 16.5. The van der Waals surface area contributed by atoms with Gasteiger partial charge in [0.1, 0.15) is 5.75 Å². The lowest BCUT2D eigenvalue weighted by molar-refractivity contribution is 0.0200. The molecule has 0 spiro atoms. The van der Waals surface area contributed by atoms with Crippen LogP contribution in [0.2, 0.25) is 0 Å². The molecule has 4 heteroatoms. The molecule has 1 unspecified atom stereocenters. The van der Waals surface area contributed by atoms with Gasteiger partial charge in [-0.25, -0.2) is 0 Å². The summed E-state index contributed by atoms with van der Waals surface area (Å²) in [5, 5.41) is 3.46. The minimum Gasteiger partial charge on any atom is -0.497 e. The second kappa shape index (κ2) is 4.55. The van der Waals surface area contributed by atoms with Crippen molar-refractivity contribution in [1.82, 2.24) is 4.90 Å². The molecule has 0 radical (unpaired) electrons. The first-order valence-corrected chi connectivity index (χ1v) is 6.12. The second-order valence-corrected chi connectivity index (χ2v) is 4.50. The molecular formula is C13H18N2O2. The summed E-state index contributed by atoms with van der Waals surface area (Å²) in [7, 11) is 1.72. The van der Waals surface area contributed by atoms with E-state index in [2.05, 4.69) is 22.3 Å². The first kappa shape index (κ1) is 10.9. The van der Waals surface area contributed by atoms with Gasteiger partial charge in [0, 0.05) is 25.3 Å². The first-order valence-electron chi connectivity index (χ1n) is 6.12. The van der Waals surface area contributed by atoms with Gasteiger partial charge in [-0.3, -0.25) is 4.90 Å². The van der Waals surface area contributed by atoms with Gasteiger partial charge in [0.15, 0.2) is 0 Å². The van der Waals surface area contributed by atoms with Crippen molar-refractivity contribution in [3.8, 4) is 5.75 Å². The quantitative estimate of drug-likeness (QED) is 0.840. The third-order valence-electron chi connectivity index (χ3n) is 3.59. The molecule has 1 aromatic carbocycles. The van der Waals surface area contributed by atoms with Crippen molar-refractivity contribution in [2.24, 2.45) is 0 Å². The highest BCUT2D eigenvalue weighted by Crippen LogP contribution is 2.36. The normalized spacial score (nSPS) is 24.2. The van der Waals surface area contributed by atoms with Crippen molar-refractivity contribution in [3.63, 3.8) is 0 Å². The van der Waals surface area contributed by atoms with Gasteiger partial charge in [0.05, 0.1) is 26.4 Å². The zero-order chi connectivity index (χ0) is 11.7. The van der Waals surface area contributed by atoms with Crippen molar-refractivity contribution >= 4 is 5.69 Å². The Hall–Kier alpha value is -1.26. The summed E-state index contributed by atoms with van der Waals surface area (Å²) in [5.74, 6) is 0.936. The van der Waals surface area contributed by atoms with Crippen LogP contribution in [0.1, 0.15) is 11.6 Å². The van der Waals surface area contributed by atoms with Gasteiger partial charge in [0.25, 0.3) is 0 Å². The van der Waals surface area contributed by atoms with Gasteiger partial charge in [0.2, 0.25) is 0 Å². The number of nitrogens with one attached hydrogen (secondary N) is 1. The molecule has 17 heavy (non-hydrogen) atoms. The largest absolute Gasteiger partial charge is 0.497 e. The molecule has 1 N–H and O–H groups in total. The van der Waals surface area contributed by atoms with Gasteiger partial charge in [-0.15, -0.1) is 0 Å². The van der Waals surface area contributed by atoms with Crippen LogP contribution >= 0.6 is 0 Å². The highest BCUT2D eigenvalue weighted by molar-refractivity contribution is 5.59. The van der Waals surface area contributed by atoms with Crippen molar-refractivity contribution in [2.75, 3.05) is 45.3 Å². The third-order valence-corrected chi connectivity index (χ3v) is 3.59. The summed E-state index contributed by atoms with van der Waals surface area (Å²) in [4.78, 5) is 2.49. The summed E-state index contributed by atoms with van der Waals surface area (Å²) in [6.07, 6.45) is 0. The number of methoxy groups -OCH3 is 1. The average Bonchev–Trinajstić information content (AvgIpc) is 2.82. The fourth-order valence-corrected chi connectivity index (χ4v) is 2.64. The number of rotatable bonds is 2. The molecule has 0 saturated carbocycles. The van der Waals surface area contributed by atoms with E-state index >= 15 is 0 Å². The summed E-state index contributed by atoms with van der Waals surface area (Å²) in [5.41, 5.74) is 2.59. The van der Waals surface area contributed by atoms with E-state index in [1.54, 1.807) is 7.11 Å². The van der Waals surface area contributed by atoms with E-state index in [1.807, 2.05) is 6.07 Å². The van der Waals surface area contributed by atoms with E-state index < -0.39 is 0 Å². The Morgan fingerprint density at radius 1 is 1.35 bits per heavy atom. The van der Waals surface area contributed by atoms with E-state index in [0.29, 0.717) is 6.04 Å². The standard InChI is InChI=1S/C13H18N2O2/c1-16-10-2-3-12-11(8-10)13(9-14-12)15-4-6-17-7-5-15/h2-3,8,13-14H,4-7,9H2,1H3. The molecule has 1 atom stereocenters. The number of nitrogens with zero attached hydrogens (tertiary/aromatic N) is 1. The van der Waals surface area contributed by atoms with Crippen LogP contribution in [0.5, 0.6) is 5.75 Å². The van der Waals surface area contributed by atoms with Crippen LogP contribution in [0.15, 0.2) is 18.2 Å². The number of hydrogen-bond donors (Lipinski definition) is 1. The minimum atomic E-state index is 0.462. The Kier molecular flexibility index (Phi) is 2.91. The molecule has 0 aromatic heterocycles. The number of anilines is 1. The Labute approximate surface area is 102 Å². The van der Waals surface area contributed by atoms with Crippen LogP contribution in [-0.2, 0) is 4.74 Å². The van der Waals surface area contributed by atoms with Gasteiger partial charge < -0.3 is 14.8 Å². The van der Waals surface area contributed by atoms with Gasteiger partial charge in [-0.2, -0.15) is 0 Å². The lowest BCUT2D eigenvalue weighted by Crippen LogP contribution is -2.39. The van der Waals surface area contributed by atoms with Gasteiger partial charge in [-0.1, -0.05) is 0 Å². The third kappa shape index (κ3) is 1.98. The van der Waals surface area contributed by atoms with E-state index in [4.69, 9.17) is 9.47 Å². The second-order valence-electron chi connectivity index (χ2n) is 4.50. The number of morpholine rings is 1. The van der Waals surface area contributed by atoms with Crippen LogP contribution < -0.4 is 10.1 Å². The zero-order valence-corrected chi connectivity index (χ0v) is 10.1. The van der Waals surface area contributed by atoms with Crippen LogP contribution in [0.4, 0.5) is 5.69 Å². The zero-order valence-electron chi connectivity index (χ0n) is 10.1. The van der Waals surface area contributed by atoms with E-state index in [1.165, 1.54) is 11.3 Å². The average molecular weight is 234 g/mol. The van der Waals surface area contributed by atoms with E-state index in [-0.39, 0.29) is 0 Å². The number of ether oxygens (including phenoxy) is 2. The fraction of sp³-hybridized carbons (Fsp3) is 0.538. The molecule has 2 aliphatic rings. The summed E-state index contributed by atoms with van der Waals surface area (Å²) in [6.45, 7) is 4.71. The fourth-order valence-electron chi connectivity index (χ4n) is 2.64. The molecule has 2 heterocycles. The topological polar surface area (TPSA) is 33.7 Å². The number of benzene rings is 1. The first-order chi connectivity index (χ1) is 8.38. The number of fused-ring (bicyclic) bond motifs is 1. The molecule has 2 aliphatic heterocycles. The molecule has 1 saturated heterocycles. The summed E-state index contributed by atoms with van der Waals surface area (Å²) < 4.78 is 10.7. The Morgan fingerprint density at radius 2 is 2.18 bits per heavy atom. The monoisotopic (exact) mass is 234 g/mol. The van der Waals surface area contributed by atoms with Crippen LogP contribution in [0.3, 0.4) is 0 Å². The van der Waals surface area contributed by atoms with Crippen LogP contribution in [0, 0.1) is 0 Å². The minimum absolute atomic E-state index is 0.462. The van der Waals surface area contributed by atoms with Crippen molar-refractivity contribution < 1.29 is 9.47 Å². The maximum atomic E-state index is 5.41. The molecule has 92 valence electrons. The molecule has 0 bridgehead atoms. The Balaban J connectivity index is 1.85. The maximum absolute atomic E-state index is 5.41. The van der Waals surface area contributed by atoms with Crippen LogP contribution in [0.25, 0.3) is 0 Å². The van der Waals surface area contributed by atoms with Crippen molar-refractivity contribution in [3.05, 3.63) is 23.8 Å². The smallest absolute Gasteiger partial charge is 0.119 e. The predicted octanol–water partition coefficient (Wildman–Crippen LogP) is 1.49. The lowest BCUT2D eigenvalue weighted by atomic mass is 10.1.